The summed E-state index contributed by atoms with van der Waals surface area (Å²) in [6.45, 7) is 4.48. The SMILES string of the molecule is CCN(Cc1ccccc1)c1ncc(C(=O)NCCOc2ccccc2)c(C2CCCCC2)n1. The number of anilines is 1. The zero-order valence-electron chi connectivity index (χ0n) is 20.0. The Morgan fingerprint density at radius 2 is 1.74 bits per heavy atom. The third-order valence-corrected chi connectivity index (χ3v) is 6.32. The van der Waals surface area contributed by atoms with Crippen molar-refractivity contribution in [1.82, 2.24) is 15.3 Å². The molecule has 1 aliphatic carbocycles. The minimum Gasteiger partial charge on any atom is -0.492 e. The van der Waals surface area contributed by atoms with Crippen LogP contribution in [0.5, 0.6) is 5.75 Å². The van der Waals surface area contributed by atoms with Crippen LogP contribution in [-0.4, -0.2) is 35.6 Å². The van der Waals surface area contributed by atoms with Gasteiger partial charge in [-0.3, -0.25) is 4.79 Å². The van der Waals surface area contributed by atoms with Gasteiger partial charge in [0, 0.05) is 25.2 Å². The standard InChI is InChI=1S/C28H34N4O2/c1-2-32(21-22-12-6-3-7-13-22)28-30-20-25(26(31-28)23-14-8-4-9-15-23)27(33)29-18-19-34-24-16-10-5-11-17-24/h3,5-7,10-13,16-17,20,23H,2,4,8-9,14-15,18-19,21H2,1H3,(H,29,33). The maximum atomic E-state index is 13.1. The molecule has 6 heteroatoms. The van der Waals surface area contributed by atoms with E-state index in [4.69, 9.17) is 9.72 Å². The van der Waals surface area contributed by atoms with Crippen molar-refractivity contribution < 1.29 is 9.53 Å². The van der Waals surface area contributed by atoms with E-state index in [1.54, 1.807) is 6.20 Å². The predicted octanol–water partition coefficient (Wildman–Crippen LogP) is 5.36. The summed E-state index contributed by atoms with van der Waals surface area (Å²) in [5.41, 5.74) is 2.69. The van der Waals surface area contributed by atoms with Crippen molar-refractivity contribution >= 4 is 11.9 Å². The third kappa shape index (κ3) is 6.34. The van der Waals surface area contributed by atoms with E-state index in [1.165, 1.54) is 24.8 Å². The largest absolute Gasteiger partial charge is 0.492 e. The first-order valence-corrected chi connectivity index (χ1v) is 12.4. The Morgan fingerprint density at radius 1 is 1.03 bits per heavy atom. The van der Waals surface area contributed by atoms with E-state index in [1.807, 2.05) is 48.5 Å². The minimum atomic E-state index is -0.130. The van der Waals surface area contributed by atoms with Crippen LogP contribution in [0.4, 0.5) is 5.95 Å². The predicted molar refractivity (Wildman–Crippen MR) is 135 cm³/mol. The van der Waals surface area contributed by atoms with Crippen LogP contribution in [0.3, 0.4) is 0 Å². The molecule has 4 rings (SSSR count). The van der Waals surface area contributed by atoms with E-state index in [0.29, 0.717) is 30.6 Å². The zero-order chi connectivity index (χ0) is 23.6. The lowest BCUT2D eigenvalue weighted by Gasteiger charge is -2.26. The number of hydrogen-bond acceptors (Lipinski definition) is 5. The molecule has 0 bridgehead atoms. The van der Waals surface area contributed by atoms with E-state index < -0.39 is 0 Å². The van der Waals surface area contributed by atoms with Crippen molar-refractivity contribution in [3.63, 3.8) is 0 Å². The van der Waals surface area contributed by atoms with Gasteiger partial charge in [0.2, 0.25) is 5.95 Å². The summed E-state index contributed by atoms with van der Waals surface area (Å²) in [6, 6.07) is 20.0. The van der Waals surface area contributed by atoms with Crippen LogP contribution < -0.4 is 15.0 Å². The molecule has 2 aromatic carbocycles. The lowest BCUT2D eigenvalue weighted by atomic mass is 9.85. The van der Waals surface area contributed by atoms with Gasteiger partial charge in [0.1, 0.15) is 12.4 Å². The molecule has 1 fully saturated rings. The number of ether oxygens (including phenoxy) is 1. The second-order valence-corrected chi connectivity index (χ2v) is 8.72. The van der Waals surface area contributed by atoms with Gasteiger partial charge in [0.05, 0.1) is 17.8 Å². The first-order valence-electron chi connectivity index (χ1n) is 12.4. The number of carbonyl (C=O) groups excluding carboxylic acids is 1. The third-order valence-electron chi connectivity index (χ3n) is 6.32. The van der Waals surface area contributed by atoms with Gasteiger partial charge in [0.25, 0.3) is 5.91 Å². The first kappa shape index (κ1) is 23.7. The van der Waals surface area contributed by atoms with Crippen LogP contribution in [0.25, 0.3) is 0 Å². The highest BCUT2D eigenvalue weighted by Gasteiger charge is 2.25. The molecule has 34 heavy (non-hydrogen) atoms. The molecule has 1 amide bonds. The number of benzene rings is 2. The Kier molecular flexibility index (Phi) is 8.49. The normalized spacial score (nSPS) is 13.9. The Bertz CT molecular complexity index is 1040. The molecule has 0 unspecified atom stereocenters. The van der Waals surface area contributed by atoms with Gasteiger partial charge in [-0.05, 0) is 37.5 Å². The molecule has 1 heterocycles. The van der Waals surface area contributed by atoms with E-state index in [9.17, 15) is 4.79 Å². The molecule has 0 aliphatic heterocycles. The van der Waals surface area contributed by atoms with Crippen LogP contribution in [0.15, 0.2) is 66.9 Å². The number of carbonyl (C=O) groups is 1. The fraction of sp³-hybridized carbons (Fsp3) is 0.393. The maximum absolute atomic E-state index is 13.1. The lowest BCUT2D eigenvalue weighted by molar-refractivity contribution is 0.0944. The van der Waals surface area contributed by atoms with Crippen molar-refractivity contribution in [2.45, 2.75) is 51.5 Å². The van der Waals surface area contributed by atoms with Crippen molar-refractivity contribution in [3.8, 4) is 5.75 Å². The maximum Gasteiger partial charge on any atom is 0.254 e. The van der Waals surface area contributed by atoms with E-state index in [-0.39, 0.29) is 5.91 Å². The molecule has 3 aromatic rings. The molecule has 6 nitrogen and oxygen atoms in total. The van der Waals surface area contributed by atoms with Gasteiger partial charge < -0.3 is 15.0 Å². The van der Waals surface area contributed by atoms with Gasteiger partial charge >= 0.3 is 0 Å². The second-order valence-electron chi connectivity index (χ2n) is 8.72. The average molecular weight is 459 g/mol. The molecule has 1 aromatic heterocycles. The fourth-order valence-electron chi connectivity index (χ4n) is 4.47. The summed E-state index contributed by atoms with van der Waals surface area (Å²) < 4.78 is 5.71. The van der Waals surface area contributed by atoms with E-state index in [2.05, 4.69) is 34.3 Å². The van der Waals surface area contributed by atoms with Gasteiger partial charge in [-0.1, -0.05) is 67.8 Å². The Balaban J connectivity index is 1.48. The number of amides is 1. The molecular weight excluding hydrogens is 424 g/mol. The summed E-state index contributed by atoms with van der Waals surface area (Å²) >= 11 is 0. The topological polar surface area (TPSA) is 67.4 Å². The molecule has 0 saturated heterocycles. The van der Waals surface area contributed by atoms with Gasteiger partial charge in [-0.25, -0.2) is 9.97 Å². The molecule has 1 N–H and O–H groups in total. The van der Waals surface area contributed by atoms with Crippen LogP contribution in [0.2, 0.25) is 0 Å². The monoisotopic (exact) mass is 458 g/mol. The summed E-state index contributed by atoms with van der Waals surface area (Å²) in [6.07, 6.45) is 7.46. The van der Waals surface area contributed by atoms with Gasteiger partial charge in [-0.2, -0.15) is 0 Å². The first-order chi connectivity index (χ1) is 16.7. The van der Waals surface area contributed by atoms with Crippen LogP contribution in [0, 0.1) is 0 Å². The van der Waals surface area contributed by atoms with E-state index in [0.717, 1.165) is 37.4 Å². The minimum absolute atomic E-state index is 0.130. The van der Waals surface area contributed by atoms with Gasteiger partial charge in [0.15, 0.2) is 0 Å². The lowest BCUT2D eigenvalue weighted by Crippen LogP contribution is -2.31. The summed E-state index contributed by atoms with van der Waals surface area (Å²) in [5, 5.41) is 2.99. The fourth-order valence-corrected chi connectivity index (χ4v) is 4.47. The highest BCUT2D eigenvalue weighted by atomic mass is 16.5. The Hall–Kier alpha value is -3.41. The number of nitrogens with zero attached hydrogens (tertiary/aromatic N) is 3. The van der Waals surface area contributed by atoms with E-state index >= 15 is 0 Å². The van der Waals surface area contributed by atoms with Gasteiger partial charge in [-0.15, -0.1) is 0 Å². The summed E-state index contributed by atoms with van der Waals surface area (Å²) in [5.74, 6) is 1.66. The average Bonchev–Trinajstić information content (AvgIpc) is 2.91. The zero-order valence-corrected chi connectivity index (χ0v) is 20.0. The van der Waals surface area contributed by atoms with Crippen molar-refractivity contribution in [3.05, 3.63) is 83.7 Å². The molecule has 0 radical (unpaired) electrons. The van der Waals surface area contributed by atoms with Crippen molar-refractivity contribution in [1.29, 1.82) is 0 Å². The number of nitrogens with one attached hydrogen (secondary N) is 1. The highest BCUT2D eigenvalue weighted by molar-refractivity contribution is 5.95. The Labute approximate surface area is 202 Å². The second kappa shape index (κ2) is 12.2. The Morgan fingerprint density at radius 3 is 2.44 bits per heavy atom. The number of hydrogen-bond donors (Lipinski definition) is 1. The molecule has 0 atom stereocenters. The molecular formula is C28H34N4O2. The summed E-state index contributed by atoms with van der Waals surface area (Å²) in [4.78, 5) is 24.9. The quantitative estimate of drug-likeness (QED) is 0.414. The van der Waals surface area contributed by atoms with Crippen LogP contribution in [-0.2, 0) is 6.54 Å². The highest BCUT2D eigenvalue weighted by Crippen LogP contribution is 2.34. The van der Waals surface area contributed by atoms with Crippen LogP contribution >= 0.6 is 0 Å². The smallest absolute Gasteiger partial charge is 0.254 e. The molecule has 178 valence electrons. The number of para-hydroxylation sites is 1. The number of aromatic nitrogens is 2. The number of rotatable bonds is 10. The molecule has 0 spiro atoms. The van der Waals surface area contributed by atoms with Crippen molar-refractivity contribution in [2.75, 3.05) is 24.6 Å². The van der Waals surface area contributed by atoms with Crippen LogP contribution in [0.1, 0.15) is 66.6 Å². The van der Waals surface area contributed by atoms with Crippen molar-refractivity contribution in [2.24, 2.45) is 0 Å². The summed E-state index contributed by atoms with van der Waals surface area (Å²) in [7, 11) is 0. The molecule has 1 saturated carbocycles. The molecule has 1 aliphatic rings.